The minimum absolute atomic E-state index is 0.0459. The predicted molar refractivity (Wildman–Crippen MR) is 107 cm³/mol. The molecule has 0 bridgehead atoms. The first-order valence-corrected chi connectivity index (χ1v) is 9.40. The molecule has 1 saturated heterocycles. The Labute approximate surface area is 177 Å². The minimum Gasteiger partial charge on any atom is -0.490 e. The minimum atomic E-state index is -4.32. The number of rotatable bonds is 5. The zero-order chi connectivity index (χ0) is 22.9. The summed E-state index contributed by atoms with van der Waals surface area (Å²) in [7, 11) is 0. The number of nitrogens with one attached hydrogen (secondary N) is 1. The van der Waals surface area contributed by atoms with Crippen LogP contribution in [0, 0.1) is 0 Å². The Morgan fingerprint density at radius 3 is 2.06 bits per heavy atom. The van der Waals surface area contributed by atoms with Crippen LogP contribution >= 0.6 is 0 Å². The number of alkyl halides is 3. The SMILES string of the molecule is FC(F)(F)c1ccc(O[C@@H]2CCNC[C@@H]2c2ccccc2)cc1.O=C(O)/C=C\C(=O)O. The Morgan fingerprint density at radius 2 is 1.55 bits per heavy atom. The van der Waals surface area contributed by atoms with Crippen molar-refractivity contribution in [2.45, 2.75) is 24.6 Å². The number of piperidine rings is 1. The van der Waals surface area contributed by atoms with Crippen molar-refractivity contribution in [2.24, 2.45) is 0 Å². The van der Waals surface area contributed by atoms with Gasteiger partial charge < -0.3 is 20.3 Å². The van der Waals surface area contributed by atoms with Crippen molar-refractivity contribution in [1.29, 1.82) is 0 Å². The maximum Gasteiger partial charge on any atom is 0.416 e. The summed E-state index contributed by atoms with van der Waals surface area (Å²) in [6.45, 7) is 1.64. The van der Waals surface area contributed by atoms with Gasteiger partial charge in [0, 0.05) is 24.6 Å². The van der Waals surface area contributed by atoms with Gasteiger partial charge >= 0.3 is 18.1 Å². The molecule has 9 heteroatoms. The van der Waals surface area contributed by atoms with Crippen LogP contribution in [-0.2, 0) is 15.8 Å². The van der Waals surface area contributed by atoms with Crippen LogP contribution in [0.4, 0.5) is 13.2 Å². The zero-order valence-electron chi connectivity index (χ0n) is 16.4. The van der Waals surface area contributed by atoms with E-state index in [1.165, 1.54) is 17.7 Å². The summed E-state index contributed by atoms with van der Waals surface area (Å²) < 4.78 is 43.8. The Balaban J connectivity index is 0.000000366. The quantitative estimate of drug-likeness (QED) is 0.614. The zero-order valence-corrected chi connectivity index (χ0v) is 16.4. The molecule has 31 heavy (non-hydrogen) atoms. The van der Waals surface area contributed by atoms with Gasteiger partial charge in [-0.15, -0.1) is 0 Å². The first-order valence-electron chi connectivity index (χ1n) is 9.40. The average molecular weight is 437 g/mol. The molecule has 0 aliphatic carbocycles. The summed E-state index contributed by atoms with van der Waals surface area (Å²) in [6, 6.07) is 15.0. The number of ether oxygens (including phenoxy) is 1. The lowest BCUT2D eigenvalue weighted by Crippen LogP contribution is -2.41. The highest BCUT2D eigenvalue weighted by atomic mass is 19.4. The lowest BCUT2D eigenvalue weighted by Gasteiger charge is -2.33. The van der Waals surface area contributed by atoms with Crippen LogP contribution in [0.2, 0.25) is 0 Å². The van der Waals surface area contributed by atoms with Gasteiger partial charge in [0.25, 0.3) is 0 Å². The third-order valence-electron chi connectivity index (χ3n) is 4.48. The Hall–Kier alpha value is -3.33. The topological polar surface area (TPSA) is 95.9 Å². The molecule has 0 spiro atoms. The van der Waals surface area contributed by atoms with Crippen molar-refractivity contribution < 1.29 is 37.7 Å². The summed E-state index contributed by atoms with van der Waals surface area (Å²) in [5.74, 6) is -1.85. The summed E-state index contributed by atoms with van der Waals surface area (Å²) in [5, 5.41) is 19.0. The van der Waals surface area contributed by atoms with Crippen LogP contribution in [0.3, 0.4) is 0 Å². The number of halogens is 3. The molecular formula is C22H22F3NO5. The third-order valence-corrected chi connectivity index (χ3v) is 4.48. The first kappa shape index (κ1) is 23.9. The van der Waals surface area contributed by atoms with Crippen LogP contribution in [0.5, 0.6) is 5.75 Å². The van der Waals surface area contributed by atoms with Gasteiger partial charge in [-0.25, -0.2) is 9.59 Å². The molecule has 0 saturated carbocycles. The van der Waals surface area contributed by atoms with Gasteiger partial charge in [0.1, 0.15) is 11.9 Å². The molecule has 1 aliphatic heterocycles. The van der Waals surface area contributed by atoms with E-state index >= 15 is 0 Å². The molecule has 0 amide bonds. The molecule has 3 rings (SSSR count). The molecule has 2 aromatic carbocycles. The number of hydrogen-bond acceptors (Lipinski definition) is 4. The molecule has 3 N–H and O–H groups in total. The van der Waals surface area contributed by atoms with Gasteiger partial charge in [-0.3, -0.25) is 0 Å². The predicted octanol–water partition coefficient (Wildman–Crippen LogP) is 3.94. The summed E-state index contributed by atoms with van der Waals surface area (Å²) >= 11 is 0. The van der Waals surface area contributed by atoms with Crippen LogP contribution in [-0.4, -0.2) is 41.3 Å². The van der Waals surface area contributed by atoms with E-state index in [0.29, 0.717) is 17.9 Å². The molecule has 166 valence electrons. The lowest BCUT2D eigenvalue weighted by atomic mass is 9.89. The fourth-order valence-electron chi connectivity index (χ4n) is 3.05. The molecule has 1 heterocycles. The van der Waals surface area contributed by atoms with Crippen molar-refractivity contribution in [2.75, 3.05) is 13.1 Å². The van der Waals surface area contributed by atoms with E-state index in [2.05, 4.69) is 17.4 Å². The Bertz CT molecular complexity index is 866. The van der Waals surface area contributed by atoms with E-state index < -0.39 is 23.7 Å². The van der Waals surface area contributed by atoms with E-state index in [-0.39, 0.29) is 12.0 Å². The van der Waals surface area contributed by atoms with E-state index in [4.69, 9.17) is 14.9 Å². The fraction of sp³-hybridized carbons (Fsp3) is 0.273. The molecule has 6 nitrogen and oxygen atoms in total. The smallest absolute Gasteiger partial charge is 0.416 e. The molecule has 0 aromatic heterocycles. The Morgan fingerprint density at radius 1 is 0.968 bits per heavy atom. The van der Waals surface area contributed by atoms with Gasteiger partial charge in [0.15, 0.2) is 0 Å². The van der Waals surface area contributed by atoms with Crippen LogP contribution in [0.1, 0.15) is 23.5 Å². The Kier molecular flexibility index (Phi) is 8.63. The summed E-state index contributed by atoms with van der Waals surface area (Å²) in [6.07, 6.45) is -2.43. The summed E-state index contributed by atoms with van der Waals surface area (Å²) in [4.78, 5) is 19.1. The standard InChI is InChI=1S/C18H18F3NO.C4H4O4/c19-18(20,21)14-6-8-15(9-7-14)23-17-10-11-22-12-16(17)13-4-2-1-3-5-13;5-3(6)1-2-4(7)8/h1-9,16-17,22H,10-12H2;1-2H,(H,5,6)(H,7,8)/b;2-1-/t16-,17-;/m1./s1. The second-order valence-corrected chi connectivity index (χ2v) is 6.70. The second kappa shape index (κ2) is 11.2. The number of carboxylic acid groups (broad SMARTS) is 2. The summed E-state index contributed by atoms with van der Waals surface area (Å²) in [5.41, 5.74) is 0.520. The molecule has 2 atom stereocenters. The number of benzene rings is 2. The first-order chi connectivity index (χ1) is 14.7. The normalized spacial score (nSPS) is 18.7. The second-order valence-electron chi connectivity index (χ2n) is 6.70. The number of carboxylic acids is 2. The third kappa shape index (κ3) is 8.13. The highest BCUT2D eigenvalue weighted by molar-refractivity contribution is 5.89. The van der Waals surface area contributed by atoms with E-state index in [1.54, 1.807) is 0 Å². The van der Waals surface area contributed by atoms with Crippen molar-refractivity contribution in [3.05, 3.63) is 77.9 Å². The largest absolute Gasteiger partial charge is 0.490 e. The van der Waals surface area contributed by atoms with Crippen LogP contribution in [0.15, 0.2) is 66.7 Å². The molecule has 0 radical (unpaired) electrons. The molecular weight excluding hydrogens is 415 g/mol. The van der Waals surface area contributed by atoms with Crippen molar-refractivity contribution in [3.8, 4) is 5.75 Å². The van der Waals surface area contributed by atoms with Gasteiger partial charge in [0.05, 0.1) is 5.56 Å². The molecule has 2 aromatic rings. The number of aliphatic carboxylic acids is 2. The van der Waals surface area contributed by atoms with E-state index in [0.717, 1.165) is 31.6 Å². The molecule has 1 aliphatic rings. The maximum absolute atomic E-state index is 12.6. The highest BCUT2D eigenvalue weighted by Crippen LogP contribution is 2.32. The lowest BCUT2D eigenvalue weighted by molar-refractivity contribution is -0.137. The number of carbonyl (C=O) groups is 2. The van der Waals surface area contributed by atoms with Gasteiger partial charge in [-0.2, -0.15) is 13.2 Å². The maximum atomic E-state index is 12.6. The molecule has 1 fully saturated rings. The average Bonchev–Trinajstić information content (AvgIpc) is 2.73. The van der Waals surface area contributed by atoms with Crippen molar-refractivity contribution in [3.63, 3.8) is 0 Å². The molecule has 0 unspecified atom stereocenters. The highest BCUT2D eigenvalue weighted by Gasteiger charge is 2.31. The number of hydrogen-bond donors (Lipinski definition) is 3. The monoisotopic (exact) mass is 437 g/mol. The van der Waals surface area contributed by atoms with Crippen LogP contribution in [0.25, 0.3) is 0 Å². The van der Waals surface area contributed by atoms with Crippen LogP contribution < -0.4 is 10.1 Å². The van der Waals surface area contributed by atoms with Gasteiger partial charge in [0.2, 0.25) is 0 Å². The van der Waals surface area contributed by atoms with E-state index in [9.17, 15) is 22.8 Å². The fourth-order valence-corrected chi connectivity index (χ4v) is 3.05. The van der Waals surface area contributed by atoms with Gasteiger partial charge in [-0.1, -0.05) is 30.3 Å². The van der Waals surface area contributed by atoms with E-state index in [1.807, 2.05) is 18.2 Å². The van der Waals surface area contributed by atoms with Crippen molar-refractivity contribution in [1.82, 2.24) is 5.32 Å². The van der Waals surface area contributed by atoms with Gasteiger partial charge in [-0.05, 0) is 42.8 Å². The van der Waals surface area contributed by atoms with Crippen molar-refractivity contribution >= 4 is 11.9 Å².